The first kappa shape index (κ1) is 14.3. The van der Waals surface area contributed by atoms with Crippen molar-refractivity contribution in [2.24, 2.45) is 5.10 Å². The molecular weight excluding hydrogens is 324 g/mol. The van der Waals surface area contributed by atoms with Gasteiger partial charge in [-0.15, -0.1) is 0 Å². The molecule has 1 aromatic carbocycles. The lowest BCUT2D eigenvalue weighted by atomic mass is 10.2. The second-order valence-electron chi connectivity index (χ2n) is 3.80. The summed E-state index contributed by atoms with van der Waals surface area (Å²) in [5.41, 5.74) is 3.19. The van der Waals surface area contributed by atoms with Gasteiger partial charge in [-0.2, -0.15) is 5.10 Å². The number of benzene rings is 1. The average molecular weight is 337 g/mol. The number of carbonyl (C=O) groups excluding carboxylic acids is 1. The zero-order valence-corrected chi connectivity index (χ0v) is 12.4. The van der Waals surface area contributed by atoms with Gasteiger partial charge in [-0.25, -0.2) is 10.2 Å². The van der Waals surface area contributed by atoms with Crippen LogP contribution in [0.5, 0.6) is 0 Å². The molecule has 1 heterocycles. The molecule has 0 fully saturated rings. The minimum Gasteiger partial charge on any atom is -0.455 e. The number of furan rings is 1. The quantitative estimate of drug-likeness (QED) is 0.682. The molecule has 20 heavy (non-hydrogen) atoms. The van der Waals surface area contributed by atoms with Crippen LogP contribution in [-0.2, 0) is 4.74 Å². The Labute approximate surface area is 124 Å². The van der Waals surface area contributed by atoms with E-state index in [0.29, 0.717) is 12.4 Å². The van der Waals surface area contributed by atoms with Gasteiger partial charge in [0, 0.05) is 10.0 Å². The minimum atomic E-state index is -0.594. The van der Waals surface area contributed by atoms with Crippen LogP contribution in [0, 0.1) is 0 Å². The largest absolute Gasteiger partial charge is 0.455 e. The van der Waals surface area contributed by atoms with Gasteiger partial charge in [0.1, 0.15) is 11.5 Å². The highest BCUT2D eigenvalue weighted by molar-refractivity contribution is 9.10. The van der Waals surface area contributed by atoms with Crippen LogP contribution in [0.25, 0.3) is 11.3 Å². The van der Waals surface area contributed by atoms with E-state index < -0.39 is 6.09 Å². The number of hydrazone groups is 1. The summed E-state index contributed by atoms with van der Waals surface area (Å²) < 4.78 is 11.3. The van der Waals surface area contributed by atoms with E-state index in [0.717, 1.165) is 15.8 Å². The first-order valence-corrected chi connectivity index (χ1v) is 6.80. The van der Waals surface area contributed by atoms with Crippen molar-refractivity contribution in [1.82, 2.24) is 5.43 Å². The van der Waals surface area contributed by atoms with Gasteiger partial charge >= 0.3 is 6.09 Å². The van der Waals surface area contributed by atoms with E-state index in [9.17, 15) is 4.79 Å². The van der Waals surface area contributed by atoms with Gasteiger partial charge in [0.25, 0.3) is 0 Å². The lowest BCUT2D eigenvalue weighted by molar-refractivity contribution is 0.152. The Kier molecular flexibility index (Phi) is 4.95. The maximum absolute atomic E-state index is 11.0. The fourth-order valence-corrected chi connectivity index (χ4v) is 1.77. The number of hydrogen-bond donors (Lipinski definition) is 1. The molecule has 0 bridgehead atoms. The topological polar surface area (TPSA) is 63.8 Å². The van der Waals surface area contributed by atoms with E-state index >= 15 is 0 Å². The molecule has 6 heteroatoms. The van der Waals surface area contributed by atoms with E-state index in [1.54, 1.807) is 13.0 Å². The Morgan fingerprint density at radius 2 is 2.10 bits per heavy atom. The van der Waals surface area contributed by atoms with Crippen LogP contribution in [0.1, 0.15) is 12.7 Å². The van der Waals surface area contributed by atoms with Crippen molar-refractivity contribution in [3.05, 3.63) is 46.6 Å². The van der Waals surface area contributed by atoms with E-state index in [-0.39, 0.29) is 0 Å². The Hall–Kier alpha value is -2.08. The van der Waals surface area contributed by atoms with Crippen LogP contribution in [0.4, 0.5) is 4.79 Å². The predicted molar refractivity (Wildman–Crippen MR) is 79.6 cm³/mol. The summed E-state index contributed by atoms with van der Waals surface area (Å²) in [5, 5.41) is 3.73. The molecule has 2 aromatic rings. The first-order valence-electron chi connectivity index (χ1n) is 6.00. The van der Waals surface area contributed by atoms with Crippen molar-refractivity contribution in [3.63, 3.8) is 0 Å². The number of nitrogens with one attached hydrogen (secondary N) is 1. The molecule has 0 saturated carbocycles. The monoisotopic (exact) mass is 336 g/mol. The Bertz CT molecular complexity index is 605. The van der Waals surface area contributed by atoms with Crippen molar-refractivity contribution >= 4 is 28.2 Å². The van der Waals surface area contributed by atoms with E-state index in [1.165, 1.54) is 6.21 Å². The molecule has 1 amide bonds. The summed E-state index contributed by atoms with van der Waals surface area (Å²) >= 11 is 3.38. The zero-order chi connectivity index (χ0) is 14.4. The van der Waals surface area contributed by atoms with Crippen LogP contribution in [0.3, 0.4) is 0 Å². The van der Waals surface area contributed by atoms with Crippen molar-refractivity contribution in [1.29, 1.82) is 0 Å². The summed E-state index contributed by atoms with van der Waals surface area (Å²) in [5.74, 6) is 1.27. The van der Waals surface area contributed by atoms with Gasteiger partial charge in [-0.1, -0.05) is 28.1 Å². The smallest absolute Gasteiger partial charge is 0.427 e. The molecule has 104 valence electrons. The van der Waals surface area contributed by atoms with E-state index in [2.05, 4.69) is 31.2 Å². The number of rotatable bonds is 4. The molecule has 2 rings (SSSR count). The lowest BCUT2D eigenvalue weighted by Crippen LogP contribution is -2.18. The molecule has 0 aliphatic heterocycles. The van der Waals surface area contributed by atoms with E-state index in [1.807, 2.05) is 30.3 Å². The summed E-state index contributed by atoms with van der Waals surface area (Å²) in [6.45, 7) is 2.02. The van der Waals surface area contributed by atoms with Gasteiger partial charge in [-0.05, 0) is 31.2 Å². The SMILES string of the molecule is CCOC(=O)N/N=C/c1ccc(-c2ccc(Br)cc2)o1. The fraction of sp³-hybridized carbons (Fsp3) is 0.143. The maximum atomic E-state index is 11.0. The van der Waals surface area contributed by atoms with Crippen molar-refractivity contribution < 1.29 is 13.9 Å². The second-order valence-corrected chi connectivity index (χ2v) is 4.72. The summed E-state index contributed by atoms with van der Waals surface area (Å²) in [6, 6.07) is 11.4. The molecule has 0 aliphatic carbocycles. The third-order valence-electron chi connectivity index (χ3n) is 2.38. The van der Waals surface area contributed by atoms with Crippen LogP contribution in [0.2, 0.25) is 0 Å². The number of carbonyl (C=O) groups is 1. The minimum absolute atomic E-state index is 0.301. The Morgan fingerprint density at radius 1 is 1.35 bits per heavy atom. The molecule has 0 radical (unpaired) electrons. The Balaban J connectivity index is 2.00. The third-order valence-corrected chi connectivity index (χ3v) is 2.91. The molecule has 0 aliphatic rings. The number of halogens is 1. The van der Waals surface area contributed by atoms with Crippen molar-refractivity contribution in [2.45, 2.75) is 6.92 Å². The normalized spacial score (nSPS) is 10.7. The summed E-state index contributed by atoms with van der Waals surface area (Å²) in [4.78, 5) is 11.0. The first-order chi connectivity index (χ1) is 9.69. The highest BCUT2D eigenvalue weighted by Gasteiger charge is 2.03. The van der Waals surface area contributed by atoms with Crippen molar-refractivity contribution in [2.75, 3.05) is 6.61 Å². The van der Waals surface area contributed by atoms with Gasteiger partial charge in [0.15, 0.2) is 0 Å². The standard InChI is InChI=1S/C14H13BrN2O3/c1-2-19-14(18)17-16-9-12-7-8-13(20-12)10-3-5-11(15)6-4-10/h3-9H,2H2,1H3,(H,17,18)/b16-9+. The molecule has 1 N–H and O–H groups in total. The molecule has 0 saturated heterocycles. The number of ether oxygens (including phenoxy) is 1. The summed E-state index contributed by atoms with van der Waals surface area (Å²) in [6.07, 6.45) is 0.822. The third kappa shape index (κ3) is 3.96. The van der Waals surface area contributed by atoms with Crippen LogP contribution in [-0.4, -0.2) is 18.9 Å². The number of amides is 1. The summed E-state index contributed by atoms with van der Waals surface area (Å²) in [7, 11) is 0. The molecule has 0 unspecified atom stereocenters. The van der Waals surface area contributed by atoms with Crippen molar-refractivity contribution in [3.8, 4) is 11.3 Å². The highest BCUT2D eigenvalue weighted by atomic mass is 79.9. The average Bonchev–Trinajstić information content (AvgIpc) is 2.89. The van der Waals surface area contributed by atoms with Crippen LogP contribution < -0.4 is 5.43 Å². The zero-order valence-electron chi connectivity index (χ0n) is 10.8. The lowest BCUT2D eigenvalue weighted by Gasteiger charge is -1.98. The fourth-order valence-electron chi connectivity index (χ4n) is 1.50. The molecule has 0 spiro atoms. The van der Waals surface area contributed by atoms with Crippen LogP contribution >= 0.6 is 15.9 Å². The van der Waals surface area contributed by atoms with Crippen LogP contribution in [0.15, 0.2) is 50.4 Å². The number of hydrogen-bond acceptors (Lipinski definition) is 4. The number of nitrogens with zero attached hydrogens (tertiary/aromatic N) is 1. The maximum Gasteiger partial charge on any atom is 0.427 e. The van der Waals surface area contributed by atoms with Gasteiger partial charge in [0.2, 0.25) is 0 Å². The van der Waals surface area contributed by atoms with Gasteiger partial charge in [-0.3, -0.25) is 0 Å². The molecule has 1 aromatic heterocycles. The van der Waals surface area contributed by atoms with Gasteiger partial charge < -0.3 is 9.15 Å². The van der Waals surface area contributed by atoms with E-state index in [4.69, 9.17) is 4.42 Å². The van der Waals surface area contributed by atoms with Gasteiger partial charge in [0.05, 0.1) is 12.8 Å². The molecular formula is C14H13BrN2O3. The molecule has 5 nitrogen and oxygen atoms in total. The second kappa shape index (κ2) is 6.91. The predicted octanol–water partition coefficient (Wildman–Crippen LogP) is 3.79. The molecule has 0 atom stereocenters. The Morgan fingerprint density at radius 3 is 2.80 bits per heavy atom. The highest BCUT2D eigenvalue weighted by Crippen LogP contribution is 2.23.